The molecule has 2 aromatic rings. The van der Waals surface area contributed by atoms with Gasteiger partial charge in [0.15, 0.2) is 5.71 Å². The molecular weight excluding hydrogens is 436 g/mol. The topological polar surface area (TPSA) is 70.6 Å². The quantitative estimate of drug-likeness (QED) is 0.408. The molecule has 1 aliphatic rings. The SMILES string of the molecule is CN(C)c1ccc(C(=C2C=CC(=[N+](C)C)C=C2)c2ccc(OCCCC(=O)NCCN)cc2)cc1. The molecule has 0 fully saturated rings. The van der Waals surface area contributed by atoms with Crippen molar-refractivity contribution >= 4 is 22.9 Å². The first-order valence-electron chi connectivity index (χ1n) is 12.0. The van der Waals surface area contributed by atoms with Crippen LogP contribution in [0.5, 0.6) is 5.75 Å². The lowest BCUT2D eigenvalue weighted by atomic mass is 9.90. The molecule has 0 saturated heterocycles. The summed E-state index contributed by atoms with van der Waals surface area (Å²) in [5, 5.41) is 2.77. The van der Waals surface area contributed by atoms with E-state index in [4.69, 9.17) is 10.5 Å². The Morgan fingerprint density at radius 2 is 1.54 bits per heavy atom. The van der Waals surface area contributed by atoms with E-state index in [1.54, 1.807) is 0 Å². The van der Waals surface area contributed by atoms with E-state index in [0.717, 1.165) is 33.8 Å². The van der Waals surface area contributed by atoms with E-state index in [-0.39, 0.29) is 5.91 Å². The summed E-state index contributed by atoms with van der Waals surface area (Å²) in [4.78, 5) is 13.8. The number of allylic oxidation sites excluding steroid dienone is 5. The molecule has 0 bridgehead atoms. The van der Waals surface area contributed by atoms with Gasteiger partial charge in [-0.05, 0) is 65.1 Å². The number of ether oxygens (including phenoxy) is 1. The number of benzene rings is 2. The Labute approximate surface area is 209 Å². The summed E-state index contributed by atoms with van der Waals surface area (Å²) < 4.78 is 7.97. The molecule has 0 saturated carbocycles. The Bertz CT molecular complexity index is 1100. The first-order chi connectivity index (χ1) is 16.9. The molecule has 35 heavy (non-hydrogen) atoms. The number of nitrogens with zero attached hydrogens (tertiary/aromatic N) is 2. The van der Waals surface area contributed by atoms with E-state index >= 15 is 0 Å². The van der Waals surface area contributed by atoms with Crippen molar-refractivity contribution < 1.29 is 14.1 Å². The number of hydrogen-bond acceptors (Lipinski definition) is 4. The number of rotatable bonds is 10. The molecule has 1 aliphatic carbocycles. The Kier molecular flexibility index (Phi) is 9.44. The molecule has 3 N–H and O–H groups in total. The van der Waals surface area contributed by atoms with Gasteiger partial charge in [0.1, 0.15) is 19.8 Å². The van der Waals surface area contributed by atoms with Crippen molar-refractivity contribution in [2.45, 2.75) is 12.8 Å². The second kappa shape index (κ2) is 12.7. The van der Waals surface area contributed by atoms with Crippen molar-refractivity contribution in [3.63, 3.8) is 0 Å². The predicted octanol–water partition coefficient (Wildman–Crippen LogP) is 3.63. The van der Waals surface area contributed by atoms with Crippen LogP contribution in [0.15, 0.2) is 78.4 Å². The number of nitrogens with one attached hydrogen (secondary N) is 1. The van der Waals surface area contributed by atoms with Crippen LogP contribution in [0.1, 0.15) is 24.0 Å². The molecule has 0 unspecified atom stereocenters. The molecule has 0 heterocycles. The highest BCUT2D eigenvalue weighted by Crippen LogP contribution is 2.31. The summed E-state index contributed by atoms with van der Waals surface area (Å²) in [5.74, 6) is 0.801. The summed E-state index contributed by atoms with van der Waals surface area (Å²) in [6.45, 7) is 1.45. The molecular formula is C29H37N4O2+. The molecule has 6 heteroatoms. The van der Waals surface area contributed by atoms with Crippen LogP contribution < -0.4 is 20.7 Å². The molecule has 0 aliphatic heterocycles. The second-order valence-corrected chi connectivity index (χ2v) is 8.87. The molecule has 1 amide bonds. The normalized spacial score (nSPS) is 12.5. The molecule has 184 valence electrons. The third kappa shape index (κ3) is 7.42. The van der Waals surface area contributed by atoms with Gasteiger partial charge in [-0.2, -0.15) is 0 Å². The molecule has 0 aromatic heterocycles. The van der Waals surface area contributed by atoms with Crippen molar-refractivity contribution in [2.75, 3.05) is 52.8 Å². The van der Waals surface area contributed by atoms with E-state index in [1.807, 2.05) is 40.3 Å². The van der Waals surface area contributed by atoms with Crippen LogP contribution in [-0.4, -0.2) is 64.1 Å². The first-order valence-corrected chi connectivity index (χ1v) is 12.0. The first kappa shape index (κ1) is 26.0. The zero-order valence-electron chi connectivity index (χ0n) is 21.3. The number of anilines is 1. The fraction of sp³-hybridized carbons (Fsp3) is 0.310. The summed E-state index contributed by atoms with van der Waals surface area (Å²) in [7, 11) is 8.19. The maximum Gasteiger partial charge on any atom is 0.220 e. The monoisotopic (exact) mass is 473 g/mol. The molecule has 6 nitrogen and oxygen atoms in total. The minimum atomic E-state index is 0.00853. The molecule has 2 aromatic carbocycles. The van der Waals surface area contributed by atoms with Crippen molar-refractivity contribution in [2.24, 2.45) is 5.73 Å². The van der Waals surface area contributed by atoms with E-state index < -0.39 is 0 Å². The Balaban J connectivity index is 1.79. The highest BCUT2D eigenvalue weighted by Gasteiger charge is 2.14. The van der Waals surface area contributed by atoms with Crippen LogP contribution >= 0.6 is 0 Å². The number of hydrogen-bond donors (Lipinski definition) is 2. The van der Waals surface area contributed by atoms with Gasteiger partial charge >= 0.3 is 0 Å². The molecule has 0 atom stereocenters. The summed E-state index contributed by atoms with van der Waals surface area (Å²) in [5.41, 5.74) is 12.3. The summed E-state index contributed by atoms with van der Waals surface area (Å²) in [6.07, 6.45) is 9.72. The molecule has 0 radical (unpaired) electrons. The lowest BCUT2D eigenvalue weighted by Crippen LogP contribution is -2.29. The Morgan fingerprint density at radius 1 is 0.943 bits per heavy atom. The van der Waals surface area contributed by atoms with Gasteiger partial charge in [0.05, 0.1) is 6.61 Å². The third-order valence-corrected chi connectivity index (χ3v) is 5.77. The predicted molar refractivity (Wildman–Crippen MR) is 145 cm³/mol. The van der Waals surface area contributed by atoms with Crippen molar-refractivity contribution in [3.05, 3.63) is 89.5 Å². The van der Waals surface area contributed by atoms with E-state index in [1.165, 1.54) is 5.57 Å². The number of amides is 1. The fourth-order valence-corrected chi connectivity index (χ4v) is 3.79. The van der Waals surface area contributed by atoms with Crippen LogP contribution in [-0.2, 0) is 4.79 Å². The average Bonchev–Trinajstić information content (AvgIpc) is 2.87. The van der Waals surface area contributed by atoms with Gasteiger partial charge in [-0.1, -0.05) is 24.3 Å². The van der Waals surface area contributed by atoms with Crippen LogP contribution in [0.3, 0.4) is 0 Å². The van der Waals surface area contributed by atoms with Crippen LogP contribution in [0.4, 0.5) is 5.69 Å². The highest BCUT2D eigenvalue weighted by molar-refractivity contribution is 6.04. The van der Waals surface area contributed by atoms with E-state index in [0.29, 0.717) is 32.5 Å². The zero-order valence-corrected chi connectivity index (χ0v) is 21.3. The van der Waals surface area contributed by atoms with Gasteiger partial charge in [0, 0.05) is 51.4 Å². The van der Waals surface area contributed by atoms with Crippen molar-refractivity contribution in [3.8, 4) is 5.75 Å². The van der Waals surface area contributed by atoms with Gasteiger partial charge in [-0.15, -0.1) is 0 Å². The zero-order chi connectivity index (χ0) is 25.2. The van der Waals surface area contributed by atoms with Crippen LogP contribution in [0, 0.1) is 0 Å². The van der Waals surface area contributed by atoms with Gasteiger partial charge in [0.2, 0.25) is 5.91 Å². The third-order valence-electron chi connectivity index (χ3n) is 5.77. The number of carbonyl (C=O) groups excluding carboxylic acids is 1. The van der Waals surface area contributed by atoms with Gasteiger partial charge < -0.3 is 20.7 Å². The molecule has 3 rings (SSSR count). The maximum absolute atomic E-state index is 11.7. The average molecular weight is 474 g/mol. The number of carbonyl (C=O) groups is 1. The van der Waals surface area contributed by atoms with Gasteiger partial charge in [-0.25, -0.2) is 4.58 Å². The molecule has 0 spiro atoms. The number of nitrogens with two attached hydrogens (primary N) is 1. The van der Waals surface area contributed by atoms with Gasteiger partial charge in [0.25, 0.3) is 0 Å². The largest absolute Gasteiger partial charge is 0.494 e. The van der Waals surface area contributed by atoms with Crippen molar-refractivity contribution in [1.29, 1.82) is 0 Å². The minimum absolute atomic E-state index is 0.00853. The van der Waals surface area contributed by atoms with Crippen LogP contribution in [0.25, 0.3) is 5.57 Å². The lowest BCUT2D eigenvalue weighted by molar-refractivity contribution is -0.462. The highest BCUT2D eigenvalue weighted by atomic mass is 16.5. The smallest absolute Gasteiger partial charge is 0.220 e. The Morgan fingerprint density at radius 3 is 2.09 bits per heavy atom. The van der Waals surface area contributed by atoms with Crippen molar-refractivity contribution in [1.82, 2.24) is 5.32 Å². The summed E-state index contributed by atoms with van der Waals surface area (Å²) in [6, 6.07) is 16.8. The Hall–Kier alpha value is -3.64. The minimum Gasteiger partial charge on any atom is -0.494 e. The van der Waals surface area contributed by atoms with E-state index in [2.05, 4.69) is 75.5 Å². The lowest BCUT2D eigenvalue weighted by Gasteiger charge is -2.17. The fourth-order valence-electron chi connectivity index (χ4n) is 3.79. The maximum atomic E-state index is 11.7. The van der Waals surface area contributed by atoms with E-state index in [9.17, 15) is 4.79 Å². The van der Waals surface area contributed by atoms with Gasteiger partial charge in [-0.3, -0.25) is 4.79 Å². The van der Waals surface area contributed by atoms with Crippen LogP contribution in [0.2, 0.25) is 0 Å². The second-order valence-electron chi connectivity index (χ2n) is 8.87. The standard InChI is InChI=1S/C29H36N4O2/c1-32(2)25-13-7-22(8-14-25)29(23-9-15-26(16-10-23)33(3)4)24-11-17-27(18-12-24)35-21-5-6-28(34)31-20-19-30/h7-18H,5-6,19-21,30H2,1-4H3/p+1. The summed E-state index contributed by atoms with van der Waals surface area (Å²) >= 11 is 0.